The summed E-state index contributed by atoms with van der Waals surface area (Å²) in [7, 11) is 0. The van der Waals surface area contributed by atoms with Gasteiger partial charge in [0.05, 0.1) is 17.7 Å². The fourth-order valence-electron chi connectivity index (χ4n) is 2.58. The molecule has 2 rings (SSSR count). The summed E-state index contributed by atoms with van der Waals surface area (Å²) in [6.45, 7) is 2.44. The molecule has 1 aliphatic rings. The van der Waals surface area contributed by atoms with Gasteiger partial charge in [-0.05, 0) is 59.3 Å². The first-order valence-electron chi connectivity index (χ1n) is 7.78. The molecule has 1 saturated heterocycles. The summed E-state index contributed by atoms with van der Waals surface area (Å²) in [4.78, 5) is 0. The van der Waals surface area contributed by atoms with Crippen LogP contribution in [0.3, 0.4) is 0 Å². The predicted molar refractivity (Wildman–Crippen MR) is 87.2 cm³/mol. The largest absolute Gasteiger partial charge is 0.490 e. The molecule has 1 atom stereocenters. The van der Waals surface area contributed by atoms with E-state index in [1.54, 1.807) is 19.1 Å². The molecule has 0 saturated carbocycles. The van der Waals surface area contributed by atoms with E-state index in [2.05, 4.69) is 26.0 Å². The van der Waals surface area contributed by atoms with Gasteiger partial charge in [0.2, 0.25) is 0 Å². The fraction of sp³-hybridized carbons (Fsp3) is 0.625. The van der Waals surface area contributed by atoms with Crippen LogP contribution in [0.2, 0.25) is 0 Å². The van der Waals surface area contributed by atoms with Crippen LogP contribution in [0.1, 0.15) is 25.3 Å². The van der Waals surface area contributed by atoms with Crippen LogP contribution in [-0.4, -0.2) is 33.0 Å². The van der Waals surface area contributed by atoms with Gasteiger partial charge in [-0.2, -0.15) is 8.78 Å². The lowest BCUT2D eigenvalue weighted by Crippen LogP contribution is -2.28. The van der Waals surface area contributed by atoms with E-state index in [1.807, 2.05) is 0 Å². The number of ether oxygens (including phenoxy) is 3. The number of rotatable bonds is 8. The molecule has 1 unspecified atom stereocenters. The maximum atomic E-state index is 12.5. The molecule has 1 N–H and O–H groups in total. The van der Waals surface area contributed by atoms with Crippen molar-refractivity contribution in [2.24, 2.45) is 5.92 Å². The van der Waals surface area contributed by atoms with E-state index in [-0.39, 0.29) is 5.75 Å². The summed E-state index contributed by atoms with van der Waals surface area (Å²) in [5.74, 6) is 0.881. The first-order valence-corrected chi connectivity index (χ1v) is 8.58. The van der Waals surface area contributed by atoms with Crippen LogP contribution >= 0.6 is 15.9 Å². The van der Waals surface area contributed by atoms with Crippen molar-refractivity contribution in [1.82, 2.24) is 5.32 Å². The summed E-state index contributed by atoms with van der Waals surface area (Å²) in [5, 5.41) is 3.38. The van der Waals surface area contributed by atoms with E-state index in [4.69, 9.17) is 9.47 Å². The predicted octanol–water partition coefficient (Wildman–Crippen LogP) is 3.97. The molecule has 23 heavy (non-hydrogen) atoms. The minimum atomic E-state index is -2.89. The Morgan fingerprint density at radius 1 is 1.43 bits per heavy atom. The van der Waals surface area contributed by atoms with Crippen molar-refractivity contribution in [2.45, 2.75) is 32.9 Å². The number of halogens is 3. The average molecular weight is 394 g/mol. The molecule has 0 amide bonds. The third-order valence-corrected chi connectivity index (χ3v) is 4.18. The Bertz CT molecular complexity index is 496. The zero-order valence-corrected chi connectivity index (χ0v) is 14.7. The van der Waals surface area contributed by atoms with Crippen molar-refractivity contribution in [3.8, 4) is 11.5 Å². The van der Waals surface area contributed by atoms with Crippen LogP contribution in [0.4, 0.5) is 8.78 Å². The van der Waals surface area contributed by atoms with Gasteiger partial charge in [-0.25, -0.2) is 0 Å². The monoisotopic (exact) mass is 393 g/mol. The van der Waals surface area contributed by atoms with E-state index >= 15 is 0 Å². The molecule has 1 aromatic carbocycles. The van der Waals surface area contributed by atoms with Crippen LogP contribution in [0.15, 0.2) is 16.6 Å². The number of benzene rings is 1. The molecule has 1 aliphatic heterocycles. The number of alkyl halides is 2. The Morgan fingerprint density at radius 2 is 2.26 bits per heavy atom. The van der Waals surface area contributed by atoms with Gasteiger partial charge in [-0.15, -0.1) is 0 Å². The molecule has 1 heterocycles. The lowest BCUT2D eigenvalue weighted by atomic mass is 10.0. The highest BCUT2D eigenvalue weighted by atomic mass is 79.9. The van der Waals surface area contributed by atoms with Crippen LogP contribution < -0.4 is 14.8 Å². The molecule has 0 aliphatic carbocycles. The molecule has 130 valence electrons. The highest BCUT2D eigenvalue weighted by molar-refractivity contribution is 9.10. The van der Waals surface area contributed by atoms with Crippen LogP contribution in [0.25, 0.3) is 0 Å². The van der Waals surface area contributed by atoms with Gasteiger partial charge in [0, 0.05) is 19.7 Å². The average Bonchev–Trinajstić information content (AvgIpc) is 2.52. The second kappa shape index (κ2) is 9.39. The van der Waals surface area contributed by atoms with Crippen LogP contribution in [0.5, 0.6) is 11.5 Å². The Hall–Kier alpha value is -0.920. The first-order chi connectivity index (χ1) is 11.1. The number of hydrogen-bond acceptors (Lipinski definition) is 4. The van der Waals surface area contributed by atoms with Crippen molar-refractivity contribution in [1.29, 1.82) is 0 Å². The summed E-state index contributed by atoms with van der Waals surface area (Å²) >= 11 is 3.28. The van der Waals surface area contributed by atoms with Crippen molar-refractivity contribution in [3.05, 3.63) is 22.2 Å². The van der Waals surface area contributed by atoms with E-state index in [9.17, 15) is 8.78 Å². The highest BCUT2D eigenvalue weighted by Crippen LogP contribution is 2.38. The van der Waals surface area contributed by atoms with Gasteiger partial charge < -0.3 is 19.5 Å². The van der Waals surface area contributed by atoms with Gasteiger partial charge in [0.1, 0.15) is 0 Å². The quantitative estimate of drug-likeness (QED) is 0.725. The maximum absolute atomic E-state index is 12.5. The summed E-state index contributed by atoms with van der Waals surface area (Å²) < 4.78 is 40.9. The van der Waals surface area contributed by atoms with Crippen molar-refractivity contribution >= 4 is 15.9 Å². The Morgan fingerprint density at radius 3 is 2.91 bits per heavy atom. The summed E-state index contributed by atoms with van der Waals surface area (Å²) in [6.07, 6.45) is 2.27. The lowest BCUT2D eigenvalue weighted by molar-refractivity contribution is -0.0519. The van der Waals surface area contributed by atoms with Gasteiger partial charge in [-0.3, -0.25) is 0 Å². The van der Waals surface area contributed by atoms with E-state index in [1.165, 1.54) is 6.42 Å². The molecule has 0 radical (unpaired) electrons. The van der Waals surface area contributed by atoms with E-state index in [0.29, 0.717) is 29.3 Å². The minimum Gasteiger partial charge on any atom is -0.490 e. The Labute approximate surface area is 143 Å². The topological polar surface area (TPSA) is 39.7 Å². The van der Waals surface area contributed by atoms with Crippen molar-refractivity contribution < 1.29 is 23.0 Å². The molecule has 1 aromatic rings. The second-order valence-corrected chi connectivity index (χ2v) is 6.28. The SMILES string of the molecule is CCOc1cc(CNCC2CCCOC2)cc(Br)c1OC(F)F. The standard InChI is InChI=1S/C16H22BrF2NO3/c1-2-22-14-7-12(6-13(17)15(14)23-16(18)19)9-20-8-11-4-3-5-21-10-11/h6-7,11,16,20H,2-5,8-10H2,1H3. The van der Waals surface area contributed by atoms with Gasteiger partial charge in [0.25, 0.3) is 0 Å². The van der Waals surface area contributed by atoms with E-state index in [0.717, 1.165) is 31.7 Å². The zero-order chi connectivity index (χ0) is 16.7. The third-order valence-electron chi connectivity index (χ3n) is 3.59. The van der Waals surface area contributed by atoms with E-state index < -0.39 is 6.61 Å². The summed E-state index contributed by atoms with van der Waals surface area (Å²) in [5.41, 5.74) is 0.943. The normalized spacial score (nSPS) is 18.2. The zero-order valence-electron chi connectivity index (χ0n) is 13.1. The molecule has 1 fully saturated rings. The van der Waals surface area contributed by atoms with Crippen LogP contribution in [0, 0.1) is 5.92 Å². The molecule has 0 aromatic heterocycles. The van der Waals surface area contributed by atoms with Crippen molar-refractivity contribution in [3.63, 3.8) is 0 Å². The Kier molecular flexibility index (Phi) is 7.52. The number of nitrogens with one attached hydrogen (secondary N) is 1. The van der Waals surface area contributed by atoms with Crippen molar-refractivity contribution in [2.75, 3.05) is 26.4 Å². The molecule has 4 nitrogen and oxygen atoms in total. The van der Waals surface area contributed by atoms with Crippen LogP contribution in [-0.2, 0) is 11.3 Å². The third kappa shape index (κ3) is 5.90. The maximum Gasteiger partial charge on any atom is 0.387 e. The number of hydrogen-bond donors (Lipinski definition) is 1. The molecule has 0 spiro atoms. The second-order valence-electron chi connectivity index (χ2n) is 5.43. The van der Waals surface area contributed by atoms with Gasteiger partial charge >= 0.3 is 6.61 Å². The molecular weight excluding hydrogens is 372 g/mol. The lowest BCUT2D eigenvalue weighted by Gasteiger charge is -2.22. The molecular formula is C16H22BrF2NO3. The van der Waals surface area contributed by atoms with Gasteiger partial charge in [0.15, 0.2) is 11.5 Å². The molecule has 7 heteroatoms. The summed E-state index contributed by atoms with van der Waals surface area (Å²) in [6, 6.07) is 3.50. The Balaban J connectivity index is 1.98. The minimum absolute atomic E-state index is 0.0336. The molecule has 0 bridgehead atoms. The fourth-order valence-corrected chi connectivity index (χ4v) is 3.16. The van der Waals surface area contributed by atoms with Gasteiger partial charge in [-0.1, -0.05) is 0 Å². The highest BCUT2D eigenvalue weighted by Gasteiger charge is 2.17. The first kappa shape index (κ1) is 18.4. The smallest absolute Gasteiger partial charge is 0.387 e.